The maximum absolute atomic E-state index is 13.4. The second-order valence-electron chi connectivity index (χ2n) is 3.63. The minimum absolute atomic E-state index is 0.0661. The highest BCUT2D eigenvalue weighted by atomic mass is 19.1. The van der Waals surface area contributed by atoms with Crippen molar-refractivity contribution >= 4 is 5.91 Å². The fraction of sp³-hybridized carbons (Fsp3) is 0.182. The lowest BCUT2D eigenvalue weighted by atomic mass is 10.1. The Hall–Kier alpha value is -2.24. The lowest BCUT2D eigenvalue weighted by molar-refractivity contribution is 0.0987. The van der Waals surface area contributed by atoms with E-state index in [1.54, 1.807) is 25.2 Å². The number of carbonyl (C=O) groups is 1. The maximum Gasteiger partial charge on any atom is 0.286 e. The number of primary amides is 1. The summed E-state index contributed by atoms with van der Waals surface area (Å²) in [4.78, 5) is 11.0. The van der Waals surface area contributed by atoms with Crippen LogP contribution < -0.4 is 5.73 Å². The highest BCUT2D eigenvalue weighted by molar-refractivity contribution is 5.89. The van der Waals surface area contributed by atoms with E-state index in [2.05, 4.69) is 10.2 Å². The van der Waals surface area contributed by atoms with Crippen molar-refractivity contribution in [2.45, 2.75) is 6.42 Å². The average molecular weight is 234 g/mol. The number of amides is 1. The molecule has 1 aromatic carbocycles. The van der Waals surface area contributed by atoms with Crippen LogP contribution in [0.15, 0.2) is 24.3 Å². The zero-order valence-corrected chi connectivity index (χ0v) is 9.22. The van der Waals surface area contributed by atoms with Gasteiger partial charge < -0.3 is 10.3 Å². The summed E-state index contributed by atoms with van der Waals surface area (Å²) < 4.78 is 14.9. The summed E-state index contributed by atoms with van der Waals surface area (Å²) in [6.07, 6.45) is 0.267. The van der Waals surface area contributed by atoms with Gasteiger partial charge in [-0.2, -0.15) is 0 Å². The predicted octanol–water partition coefficient (Wildman–Crippen LogP) is 0.644. The molecule has 0 spiro atoms. The molecule has 0 aliphatic carbocycles. The summed E-state index contributed by atoms with van der Waals surface area (Å²) in [5.41, 5.74) is 5.61. The van der Waals surface area contributed by atoms with Gasteiger partial charge in [-0.1, -0.05) is 18.2 Å². The number of benzene rings is 1. The molecule has 2 N–H and O–H groups in total. The van der Waals surface area contributed by atoms with E-state index in [0.29, 0.717) is 11.4 Å². The van der Waals surface area contributed by atoms with Crippen molar-refractivity contribution in [3.8, 4) is 0 Å². The smallest absolute Gasteiger partial charge is 0.286 e. The quantitative estimate of drug-likeness (QED) is 0.847. The Balaban J connectivity index is 2.31. The van der Waals surface area contributed by atoms with Crippen LogP contribution in [0, 0.1) is 5.82 Å². The van der Waals surface area contributed by atoms with Crippen molar-refractivity contribution in [2.75, 3.05) is 0 Å². The minimum atomic E-state index is -0.653. The Morgan fingerprint density at radius 1 is 1.41 bits per heavy atom. The van der Waals surface area contributed by atoms with Gasteiger partial charge in [-0.15, -0.1) is 10.2 Å². The molecule has 0 fully saturated rings. The molecule has 0 atom stereocenters. The van der Waals surface area contributed by atoms with E-state index in [1.807, 2.05) is 0 Å². The van der Waals surface area contributed by atoms with Crippen LogP contribution in [0.25, 0.3) is 0 Å². The molecule has 5 nitrogen and oxygen atoms in total. The first kappa shape index (κ1) is 11.3. The Morgan fingerprint density at radius 2 is 2.12 bits per heavy atom. The van der Waals surface area contributed by atoms with Crippen LogP contribution in [-0.4, -0.2) is 20.7 Å². The number of carbonyl (C=O) groups excluding carboxylic acids is 1. The van der Waals surface area contributed by atoms with Crippen LogP contribution in [0.2, 0.25) is 0 Å². The van der Waals surface area contributed by atoms with Crippen molar-refractivity contribution in [1.82, 2.24) is 14.8 Å². The van der Waals surface area contributed by atoms with E-state index in [1.165, 1.54) is 10.6 Å². The Kier molecular flexibility index (Phi) is 2.86. The van der Waals surface area contributed by atoms with Crippen molar-refractivity contribution in [2.24, 2.45) is 12.8 Å². The van der Waals surface area contributed by atoms with E-state index >= 15 is 0 Å². The zero-order chi connectivity index (χ0) is 12.4. The van der Waals surface area contributed by atoms with Crippen LogP contribution in [0.5, 0.6) is 0 Å². The number of rotatable bonds is 3. The Morgan fingerprint density at radius 3 is 2.71 bits per heavy atom. The van der Waals surface area contributed by atoms with Crippen molar-refractivity contribution in [1.29, 1.82) is 0 Å². The number of halogens is 1. The average Bonchev–Trinajstić information content (AvgIpc) is 2.64. The maximum atomic E-state index is 13.4. The lowest BCUT2D eigenvalue weighted by Gasteiger charge is -2.03. The third-order valence-electron chi connectivity index (χ3n) is 2.49. The molecule has 1 amide bonds. The molecule has 2 aromatic rings. The van der Waals surface area contributed by atoms with Crippen LogP contribution in [0.4, 0.5) is 4.39 Å². The van der Waals surface area contributed by atoms with Gasteiger partial charge in [0, 0.05) is 13.5 Å². The van der Waals surface area contributed by atoms with E-state index in [9.17, 15) is 9.18 Å². The number of aromatic nitrogens is 3. The fourth-order valence-electron chi connectivity index (χ4n) is 1.54. The minimum Gasteiger partial charge on any atom is -0.363 e. The number of nitrogens with zero attached hydrogens (tertiary/aromatic N) is 3. The molecule has 2 rings (SSSR count). The molecule has 6 heteroatoms. The summed E-state index contributed by atoms with van der Waals surface area (Å²) in [6.45, 7) is 0. The third kappa shape index (κ3) is 2.15. The van der Waals surface area contributed by atoms with Crippen LogP contribution in [0.3, 0.4) is 0 Å². The van der Waals surface area contributed by atoms with Gasteiger partial charge in [0.25, 0.3) is 5.91 Å². The molecule has 88 valence electrons. The van der Waals surface area contributed by atoms with E-state index in [4.69, 9.17) is 5.73 Å². The third-order valence-corrected chi connectivity index (χ3v) is 2.49. The number of hydrogen-bond acceptors (Lipinski definition) is 3. The molecule has 17 heavy (non-hydrogen) atoms. The first-order chi connectivity index (χ1) is 8.09. The molecule has 0 bridgehead atoms. The first-order valence-electron chi connectivity index (χ1n) is 5.01. The predicted molar refractivity (Wildman–Crippen MR) is 58.7 cm³/mol. The van der Waals surface area contributed by atoms with Gasteiger partial charge in [-0.25, -0.2) is 4.39 Å². The summed E-state index contributed by atoms with van der Waals surface area (Å²) in [6, 6.07) is 6.39. The van der Waals surface area contributed by atoms with E-state index in [-0.39, 0.29) is 18.1 Å². The van der Waals surface area contributed by atoms with Gasteiger partial charge in [0.05, 0.1) is 0 Å². The van der Waals surface area contributed by atoms with Gasteiger partial charge in [-0.05, 0) is 11.6 Å². The summed E-state index contributed by atoms with van der Waals surface area (Å²) in [7, 11) is 1.62. The largest absolute Gasteiger partial charge is 0.363 e. The standard InChI is InChI=1S/C11H11FN4O/c1-16-9(14-15-11(16)10(13)17)6-7-4-2-3-5-8(7)12/h2-5H,6H2,1H3,(H2,13,17). The highest BCUT2D eigenvalue weighted by Crippen LogP contribution is 2.11. The van der Waals surface area contributed by atoms with Gasteiger partial charge in [0.1, 0.15) is 11.6 Å². The lowest BCUT2D eigenvalue weighted by Crippen LogP contribution is -2.17. The zero-order valence-electron chi connectivity index (χ0n) is 9.22. The summed E-state index contributed by atoms with van der Waals surface area (Å²) >= 11 is 0. The molecule has 0 radical (unpaired) electrons. The fourth-order valence-corrected chi connectivity index (χ4v) is 1.54. The van der Waals surface area contributed by atoms with Gasteiger partial charge in [0.2, 0.25) is 5.82 Å². The molecular formula is C11H11FN4O. The molecule has 0 saturated heterocycles. The molecule has 0 aliphatic rings. The Bertz CT molecular complexity index is 564. The SMILES string of the molecule is Cn1c(Cc2ccccc2F)nnc1C(N)=O. The van der Waals surface area contributed by atoms with Crippen molar-refractivity contribution in [3.63, 3.8) is 0 Å². The molecule has 0 saturated carbocycles. The highest BCUT2D eigenvalue weighted by Gasteiger charge is 2.14. The second kappa shape index (κ2) is 4.32. The van der Waals surface area contributed by atoms with Crippen molar-refractivity contribution < 1.29 is 9.18 Å². The molecule has 0 aliphatic heterocycles. The van der Waals surface area contributed by atoms with Crippen molar-refractivity contribution in [3.05, 3.63) is 47.3 Å². The molecule has 1 heterocycles. The summed E-state index contributed by atoms with van der Waals surface area (Å²) in [5, 5.41) is 7.48. The molecular weight excluding hydrogens is 223 g/mol. The van der Waals surface area contributed by atoms with Crippen LogP contribution in [-0.2, 0) is 13.5 Å². The van der Waals surface area contributed by atoms with Crippen LogP contribution in [0.1, 0.15) is 22.0 Å². The molecule has 0 unspecified atom stereocenters. The number of nitrogens with two attached hydrogens (primary N) is 1. The summed E-state index contributed by atoms with van der Waals surface area (Å²) in [5.74, 6) is -0.406. The molecule has 1 aromatic heterocycles. The number of hydrogen-bond donors (Lipinski definition) is 1. The van der Waals surface area contributed by atoms with E-state index < -0.39 is 5.91 Å². The van der Waals surface area contributed by atoms with Gasteiger partial charge in [0.15, 0.2) is 0 Å². The second-order valence-corrected chi connectivity index (χ2v) is 3.63. The van der Waals surface area contributed by atoms with Gasteiger partial charge in [-0.3, -0.25) is 4.79 Å². The van der Waals surface area contributed by atoms with Gasteiger partial charge >= 0.3 is 0 Å². The topological polar surface area (TPSA) is 73.8 Å². The normalized spacial score (nSPS) is 10.5. The Labute approximate surface area is 97.1 Å². The first-order valence-corrected chi connectivity index (χ1v) is 5.01. The monoisotopic (exact) mass is 234 g/mol. The van der Waals surface area contributed by atoms with Crippen LogP contribution >= 0.6 is 0 Å². The van der Waals surface area contributed by atoms with E-state index in [0.717, 1.165) is 0 Å².